The number of nitrogen functional groups attached to an aromatic ring is 1. The highest BCUT2D eigenvalue weighted by Crippen LogP contribution is 2.30. The lowest BCUT2D eigenvalue weighted by atomic mass is 10.1. The molecule has 0 amide bonds. The molecule has 2 heterocycles. The monoisotopic (exact) mass is 216 g/mol. The number of nitrogens with zero attached hydrogens (tertiary/aromatic N) is 1. The molecule has 1 aliphatic heterocycles. The van der Waals surface area contributed by atoms with Crippen molar-refractivity contribution >= 4 is 16.5 Å². The standard InChI is InChI=1S/C12H12N2O2/c13-11-1-2-12(16-8-6-15-7-8)10-5-14-4-3-9(10)11/h1-5,8H,6-7,13H2. The van der Waals surface area contributed by atoms with Gasteiger partial charge >= 0.3 is 0 Å². The number of nitrogens with two attached hydrogens (primary N) is 1. The molecular weight excluding hydrogens is 204 g/mol. The van der Waals surface area contributed by atoms with Crippen LogP contribution in [0.5, 0.6) is 5.75 Å². The Bertz CT molecular complexity index is 523. The second-order valence-electron chi connectivity index (χ2n) is 3.85. The molecule has 1 aliphatic rings. The van der Waals surface area contributed by atoms with Gasteiger partial charge in [-0.15, -0.1) is 0 Å². The molecule has 4 heteroatoms. The Morgan fingerprint density at radius 1 is 1.25 bits per heavy atom. The minimum atomic E-state index is 0.159. The Labute approximate surface area is 93.0 Å². The molecule has 0 unspecified atom stereocenters. The van der Waals surface area contributed by atoms with Gasteiger partial charge in [0.15, 0.2) is 0 Å². The van der Waals surface area contributed by atoms with Crippen LogP contribution in [0.1, 0.15) is 0 Å². The molecule has 0 spiro atoms. The zero-order valence-electron chi connectivity index (χ0n) is 8.72. The Kier molecular flexibility index (Phi) is 2.15. The predicted molar refractivity (Wildman–Crippen MR) is 61.4 cm³/mol. The molecule has 2 aromatic rings. The van der Waals surface area contributed by atoms with Gasteiger partial charge in [-0.2, -0.15) is 0 Å². The van der Waals surface area contributed by atoms with Gasteiger partial charge in [-0.05, 0) is 18.2 Å². The van der Waals surface area contributed by atoms with E-state index >= 15 is 0 Å². The molecule has 82 valence electrons. The second-order valence-corrected chi connectivity index (χ2v) is 3.85. The van der Waals surface area contributed by atoms with Gasteiger partial charge in [-0.3, -0.25) is 4.98 Å². The van der Waals surface area contributed by atoms with Crippen LogP contribution in [0.15, 0.2) is 30.6 Å². The van der Waals surface area contributed by atoms with E-state index in [9.17, 15) is 0 Å². The summed E-state index contributed by atoms with van der Waals surface area (Å²) in [5.74, 6) is 0.825. The summed E-state index contributed by atoms with van der Waals surface area (Å²) in [4.78, 5) is 4.10. The second kappa shape index (κ2) is 3.64. The summed E-state index contributed by atoms with van der Waals surface area (Å²) >= 11 is 0. The molecule has 0 atom stereocenters. The van der Waals surface area contributed by atoms with Crippen molar-refractivity contribution in [3.05, 3.63) is 30.6 Å². The average molecular weight is 216 g/mol. The Morgan fingerprint density at radius 3 is 2.88 bits per heavy atom. The van der Waals surface area contributed by atoms with E-state index < -0.39 is 0 Å². The fourth-order valence-corrected chi connectivity index (χ4v) is 1.75. The molecule has 16 heavy (non-hydrogen) atoms. The molecular formula is C12H12N2O2. The molecule has 0 bridgehead atoms. The van der Waals surface area contributed by atoms with Gasteiger partial charge in [0.25, 0.3) is 0 Å². The molecule has 2 N–H and O–H groups in total. The van der Waals surface area contributed by atoms with E-state index in [1.54, 1.807) is 12.4 Å². The van der Waals surface area contributed by atoms with Crippen LogP contribution in [-0.2, 0) is 4.74 Å². The number of hydrogen-bond donors (Lipinski definition) is 1. The lowest BCUT2D eigenvalue weighted by molar-refractivity contribution is -0.0791. The summed E-state index contributed by atoms with van der Waals surface area (Å²) in [6.07, 6.45) is 3.67. The molecule has 0 aliphatic carbocycles. The van der Waals surface area contributed by atoms with Crippen molar-refractivity contribution in [3.8, 4) is 5.75 Å². The molecule has 1 fully saturated rings. The quantitative estimate of drug-likeness (QED) is 0.774. The summed E-state index contributed by atoms with van der Waals surface area (Å²) in [7, 11) is 0. The number of anilines is 1. The topological polar surface area (TPSA) is 57.4 Å². The summed E-state index contributed by atoms with van der Waals surface area (Å²) in [5, 5.41) is 1.93. The van der Waals surface area contributed by atoms with E-state index in [-0.39, 0.29) is 6.10 Å². The van der Waals surface area contributed by atoms with E-state index in [0.29, 0.717) is 13.2 Å². The smallest absolute Gasteiger partial charge is 0.145 e. The third-order valence-electron chi connectivity index (χ3n) is 2.71. The number of fused-ring (bicyclic) bond motifs is 1. The maximum atomic E-state index is 5.89. The van der Waals surface area contributed by atoms with Crippen molar-refractivity contribution in [2.75, 3.05) is 18.9 Å². The van der Waals surface area contributed by atoms with Gasteiger partial charge in [0.1, 0.15) is 11.9 Å². The largest absolute Gasteiger partial charge is 0.485 e. The van der Waals surface area contributed by atoms with Crippen LogP contribution in [0.2, 0.25) is 0 Å². The first-order valence-corrected chi connectivity index (χ1v) is 5.21. The minimum Gasteiger partial charge on any atom is -0.485 e. The maximum absolute atomic E-state index is 5.89. The molecule has 1 aromatic heterocycles. The van der Waals surface area contributed by atoms with Gasteiger partial charge in [-0.25, -0.2) is 0 Å². The lowest BCUT2D eigenvalue weighted by Gasteiger charge is -2.27. The first-order chi connectivity index (χ1) is 7.84. The fourth-order valence-electron chi connectivity index (χ4n) is 1.75. The molecule has 1 aromatic carbocycles. The van der Waals surface area contributed by atoms with Crippen molar-refractivity contribution in [1.29, 1.82) is 0 Å². The van der Waals surface area contributed by atoms with Crippen LogP contribution in [0.25, 0.3) is 10.8 Å². The first-order valence-electron chi connectivity index (χ1n) is 5.21. The van der Waals surface area contributed by atoms with Gasteiger partial charge in [-0.1, -0.05) is 0 Å². The Morgan fingerprint density at radius 2 is 2.12 bits per heavy atom. The number of pyridine rings is 1. The zero-order valence-corrected chi connectivity index (χ0v) is 8.72. The third-order valence-corrected chi connectivity index (χ3v) is 2.71. The molecule has 4 nitrogen and oxygen atoms in total. The Hall–Kier alpha value is -1.81. The Balaban J connectivity index is 2.06. The number of benzene rings is 1. The van der Waals surface area contributed by atoms with Crippen LogP contribution in [0.4, 0.5) is 5.69 Å². The maximum Gasteiger partial charge on any atom is 0.145 e. The van der Waals surface area contributed by atoms with E-state index in [0.717, 1.165) is 22.2 Å². The number of hydrogen-bond acceptors (Lipinski definition) is 4. The van der Waals surface area contributed by atoms with Crippen LogP contribution in [-0.4, -0.2) is 24.3 Å². The number of rotatable bonds is 2. The van der Waals surface area contributed by atoms with Crippen molar-refractivity contribution in [2.24, 2.45) is 0 Å². The fraction of sp³-hybridized carbons (Fsp3) is 0.250. The minimum absolute atomic E-state index is 0.159. The molecule has 1 saturated heterocycles. The van der Waals surface area contributed by atoms with Crippen molar-refractivity contribution < 1.29 is 9.47 Å². The number of ether oxygens (including phenoxy) is 2. The van der Waals surface area contributed by atoms with Crippen LogP contribution in [0, 0.1) is 0 Å². The molecule has 0 saturated carbocycles. The highest BCUT2D eigenvalue weighted by atomic mass is 16.6. The first kappa shape index (κ1) is 9.42. The summed E-state index contributed by atoms with van der Waals surface area (Å²) < 4.78 is 10.9. The highest BCUT2D eigenvalue weighted by molar-refractivity contribution is 5.96. The number of aromatic nitrogens is 1. The van der Waals surface area contributed by atoms with Crippen LogP contribution >= 0.6 is 0 Å². The third kappa shape index (κ3) is 1.47. The van der Waals surface area contributed by atoms with Gasteiger partial charge in [0.05, 0.1) is 13.2 Å². The highest BCUT2D eigenvalue weighted by Gasteiger charge is 2.21. The molecule has 3 rings (SSSR count). The van der Waals surface area contributed by atoms with Crippen molar-refractivity contribution in [2.45, 2.75) is 6.10 Å². The van der Waals surface area contributed by atoms with Crippen molar-refractivity contribution in [1.82, 2.24) is 4.98 Å². The van der Waals surface area contributed by atoms with E-state index in [1.165, 1.54) is 0 Å². The van der Waals surface area contributed by atoms with Crippen LogP contribution < -0.4 is 10.5 Å². The SMILES string of the molecule is Nc1ccc(OC2COC2)c2cnccc12. The van der Waals surface area contributed by atoms with E-state index in [4.69, 9.17) is 15.2 Å². The van der Waals surface area contributed by atoms with E-state index in [2.05, 4.69) is 4.98 Å². The van der Waals surface area contributed by atoms with Crippen LogP contribution in [0.3, 0.4) is 0 Å². The lowest BCUT2D eigenvalue weighted by Crippen LogP contribution is -2.38. The van der Waals surface area contributed by atoms with E-state index in [1.807, 2.05) is 18.2 Å². The average Bonchev–Trinajstić information content (AvgIpc) is 2.26. The molecule has 0 radical (unpaired) electrons. The summed E-state index contributed by atoms with van der Waals surface area (Å²) in [5.41, 5.74) is 6.64. The zero-order chi connectivity index (χ0) is 11.0. The van der Waals surface area contributed by atoms with Gasteiger partial charge < -0.3 is 15.2 Å². The predicted octanol–water partition coefficient (Wildman–Crippen LogP) is 1.59. The van der Waals surface area contributed by atoms with Gasteiger partial charge in [0, 0.05) is 28.9 Å². The normalized spacial score (nSPS) is 16.0. The summed E-state index contributed by atoms with van der Waals surface area (Å²) in [6, 6.07) is 5.64. The van der Waals surface area contributed by atoms with Gasteiger partial charge in [0.2, 0.25) is 0 Å². The van der Waals surface area contributed by atoms with Crippen molar-refractivity contribution in [3.63, 3.8) is 0 Å². The summed E-state index contributed by atoms with van der Waals surface area (Å²) in [6.45, 7) is 1.32.